The van der Waals surface area contributed by atoms with Crippen LogP contribution in [-0.2, 0) is 12.0 Å². The number of benzene rings is 2. The molecule has 0 saturated carbocycles. The summed E-state index contributed by atoms with van der Waals surface area (Å²) in [6.45, 7) is 12.7. The molecule has 0 amide bonds. The fourth-order valence-corrected chi connectivity index (χ4v) is 3.70. The molecule has 2 aromatic carbocycles. The third-order valence-corrected chi connectivity index (χ3v) is 5.14. The lowest BCUT2D eigenvalue weighted by molar-refractivity contribution is 0.319. The molecule has 1 aliphatic heterocycles. The summed E-state index contributed by atoms with van der Waals surface area (Å²) in [6.07, 6.45) is 0. The van der Waals surface area contributed by atoms with Crippen molar-refractivity contribution < 1.29 is 0 Å². The number of likely N-dealkylation sites (tertiary alicyclic amines) is 1. The Morgan fingerprint density at radius 1 is 0.913 bits per heavy atom. The highest BCUT2D eigenvalue weighted by molar-refractivity contribution is 5.30. The quantitative estimate of drug-likeness (QED) is 0.751. The van der Waals surface area contributed by atoms with E-state index in [0.717, 1.165) is 12.5 Å². The van der Waals surface area contributed by atoms with Gasteiger partial charge in [0, 0.05) is 25.6 Å². The van der Waals surface area contributed by atoms with E-state index < -0.39 is 0 Å². The maximum atomic E-state index is 2.60. The Morgan fingerprint density at radius 2 is 1.57 bits per heavy atom. The molecule has 0 radical (unpaired) electrons. The third-order valence-electron chi connectivity index (χ3n) is 5.14. The lowest BCUT2D eigenvalue weighted by Crippen LogP contribution is -2.20. The van der Waals surface area contributed by atoms with Crippen molar-refractivity contribution in [2.75, 3.05) is 13.1 Å². The van der Waals surface area contributed by atoms with Crippen LogP contribution in [0.25, 0.3) is 0 Å². The molecule has 1 fully saturated rings. The van der Waals surface area contributed by atoms with Crippen LogP contribution in [0.2, 0.25) is 0 Å². The Balaban J connectivity index is 1.69. The molecule has 2 aromatic rings. The highest BCUT2D eigenvalue weighted by atomic mass is 15.1. The molecular weight excluding hydrogens is 278 g/mol. The van der Waals surface area contributed by atoms with Gasteiger partial charge in [-0.25, -0.2) is 0 Å². The summed E-state index contributed by atoms with van der Waals surface area (Å²) < 4.78 is 0. The Kier molecular flexibility index (Phi) is 4.59. The van der Waals surface area contributed by atoms with Gasteiger partial charge in [-0.1, -0.05) is 82.3 Å². The molecule has 1 saturated heterocycles. The van der Waals surface area contributed by atoms with Crippen LogP contribution >= 0.6 is 0 Å². The van der Waals surface area contributed by atoms with E-state index in [1.54, 1.807) is 0 Å². The molecule has 0 bridgehead atoms. The second-order valence-electron chi connectivity index (χ2n) is 8.14. The number of hydrogen-bond donors (Lipinski definition) is 0. The van der Waals surface area contributed by atoms with Gasteiger partial charge >= 0.3 is 0 Å². The van der Waals surface area contributed by atoms with Crippen molar-refractivity contribution in [3.8, 4) is 0 Å². The van der Waals surface area contributed by atoms with Crippen LogP contribution in [0.15, 0.2) is 54.6 Å². The van der Waals surface area contributed by atoms with E-state index in [1.807, 2.05) is 0 Å². The molecule has 2 atom stereocenters. The molecule has 0 spiro atoms. The fourth-order valence-electron chi connectivity index (χ4n) is 3.70. The van der Waals surface area contributed by atoms with Crippen LogP contribution < -0.4 is 0 Å². The Morgan fingerprint density at radius 3 is 2.17 bits per heavy atom. The first-order chi connectivity index (χ1) is 10.9. The minimum Gasteiger partial charge on any atom is -0.298 e. The first-order valence-corrected chi connectivity index (χ1v) is 8.80. The molecule has 1 nitrogen and oxygen atoms in total. The van der Waals surface area contributed by atoms with Crippen molar-refractivity contribution in [2.45, 2.75) is 45.6 Å². The van der Waals surface area contributed by atoms with E-state index in [1.165, 1.54) is 29.8 Å². The molecular formula is C22H29N. The summed E-state index contributed by atoms with van der Waals surface area (Å²) >= 11 is 0. The van der Waals surface area contributed by atoms with Crippen LogP contribution in [0.4, 0.5) is 0 Å². The van der Waals surface area contributed by atoms with E-state index >= 15 is 0 Å². The number of rotatable bonds is 3. The van der Waals surface area contributed by atoms with Gasteiger partial charge < -0.3 is 0 Å². The van der Waals surface area contributed by atoms with Crippen LogP contribution in [0, 0.1) is 5.92 Å². The molecule has 1 aliphatic rings. The van der Waals surface area contributed by atoms with Gasteiger partial charge in [0.2, 0.25) is 0 Å². The zero-order valence-corrected chi connectivity index (χ0v) is 14.9. The van der Waals surface area contributed by atoms with Crippen molar-refractivity contribution in [1.29, 1.82) is 0 Å². The Hall–Kier alpha value is -1.60. The minimum absolute atomic E-state index is 0.235. The fraction of sp³-hybridized carbons (Fsp3) is 0.455. The maximum absolute atomic E-state index is 2.60. The van der Waals surface area contributed by atoms with Crippen LogP contribution in [0.5, 0.6) is 0 Å². The summed E-state index contributed by atoms with van der Waals surface area (Å²) in [4.78, 5) is 2.60. The molecule has 23 heavy (non-hydrogen) atoms. The summed E-state index contributed by atoms with van der Waals surface area (Å²) in [5.41, 5.74) is 4.58. The van der Waals surface area contributed by atoms with Crippen molar-refractivity contribution in [3.63, 3.8) is 0 Å². The normalized spacial score (nSPS) is 22.4. The monoisotopic (exact) mass is 307 g/mol. The predicted octanol–water partition coefficient (Wildman–Crippen LogP) is 5.22. The molecule has 1 heterocycles. The first-order valence-electron chi connectivity index (χ1n) is 8.80. The van der Waals surface area contributed by atoms with Crippen LogP contribution in [0.1, 0.15) is 50.3 Å². The SMILES string of the molecule is CC1CN(Cc2ccccc2)CC1c1ccc(C(C)(C)C)cc1. The van der Waals surface area contributed by atoms with E-state index in [9.17, 15) is 0 Å². The molecule has 0 N–H and O–H groups in total. The smallest absolute Gasteiger partial charge is 0.0234 e. The van der Waals surface area contributed by atoms with E-state index in [2.05, 4.69) is 87.2 Å². The highest BCUT2D eigenvalue weighted by Gasteiger charge is 2.30. The van der Waals surface area contributed by atoms with Crippen molar-refractivity contribution >= 4 is 0 Å². The number of nitrogens with zero attached hydrogens (tertiary/aromatic N) is 1. The van der Waals surface area contributed by atoms with Gasteiger partial charge in [0.1, 0.15) is 0 Å². The first kappa shape index (κ1) is 16.3. The lowest BCUT2D eigenvalue weighted by Gasteiger charge is -2.21. The summed E-state index contributed by atoms with van der Waals surface area (Å²) in [5.74, 6) is 1.38. The second kappa shape index (κ2) is 6.49. The topological polar surface area (TPSA) is 3.24 Å². The molecule has 1 heteroatoms. The van der Waals surface area contributed by atoms with E-state index in [0.29, 0.717) is 5.92 Å². The summed E-state index contributed by atoms with van der Waals surface area (Å²) in [5, 5.41) is 0. The van der Waals surface area contributed by atoms with Crippen molar-refractivity contribution in [3.05, 3.63) is 71.3 Å². The van der Waals surface area contributed by atoms with Crippen LogP contribution in [-0.4, -0.2) is 18.0 Å². The van der Waals surface area contributed by atoms with Crippen molar-refractivity contribution in [2.24, 2.45) is 5.92 Å². The van der Waals surface area contributed by atoms with Gasteiger partial charge in [-0.05, 0) is 28.0 Å². The van der Waals surface area contributed by atoms with Gasteiger partial charge in [-0.2, -0.15) is 0 Å². The highest BCUT2D eigenvalue weighted by Crippen LogP contribution is 2.34. The van der Waals surface area contributed by atoms with Crippen molar-refractivity contribution in [1.82, 2.24) is 4.90 Å². The van der Waals surface area contributed by atoms with Gasteiger partial charge in [0.15, 0.2) is 0 Å². The van der Waals surface area contributed by atoms with Crippen LogP contribution in [0.3, 0.4) is 0 Å². The molecule has 122 valence electrons. The minimum atomic E-state index is 0.235. The summed E-state index contributed by atoms with van der Waals surface area (Å²) in [6, 6.07) is 20.2. The standard InChI is InChI=1S/C22H29N/c1-17-14-23(15-18-8-6-5-7-9-18)16-21(17)19-10-12-20(13-11-19)22(2,3)4/h5-13,17,21H,14-16H2,1-4H3. The third kappa shape index (κ3) is 3.84. The van der Waals surface area contributed by atoms with Gasteiger partial charge in [-0.3, -0.25) is 4.90 Å². The lowest BCUT2D eigenvalue weighted by atomic mass is 9.84. The average molecular weight is 307 g/mol. The molecule has 0 aromatic heterocycles. The second-order valence-corrected chi connectivity index (χ2v) is 8.14. The molecule has 0 aliphatic carbocycles. The molecule has 3 rings (SSSR count). The zero-order chi connectivity index (χ0) is 16.4. The predicted molar refractivity (Wildman–Crippen MR) is 98.8 cm³/mol. The van der Waals surface area contributed by atoms with E-state index in [-0.39, 0.29) is 5.41 Å². The Bertz CT molecular complexity index is 621. The maximum Gasteiger partial charge on any atom is 0.0234 e. The Labute approximate surface area is 141 Å². The molecule has 2 unspecified atom stereocenters. The number of hydrogen-bond acceptors (Lipinski definition) is 1. The summed E-state index contributed by atoms with van der Waals surface area (Å²) in [7, 11) is 0. The largest absolute Gasteiger partial charge is 0.298 e. The zero-order valence-electron chi connectivity index (χ0n) is 14.9. The average Bonchev–Trinajstić information content (AvgIpc) is 2.88. The van der Waals surface area contributed by atoms with Gasteiger partial charge in [0.25, 0.3) is 0 Å². The van der Waals surface area contributed by atoms with Gasteiger partial charge in [-0.15, -0.1) is 0 Å². The van der Waals surface area contributed by atoms with Gasteiger partial charge in [0.05, 0.1) is 0 Å². The van der Waals surface area contributed by atoms with E-state index in [4.69, 9.17) is 0 Å².